The van der Waals surface area contributed by atoms with Crippen molar-refractivity contribution in [2.45, 2.75) is 52.0 Å². The lowest BCUT2D eigenvalue weighted by Gasteiger charge is -2.18. The van der Waals surface area contributed by atoms with Gasteiger partial charge in [-0.25, -0.2) is 0 Å². The highest BCUT2D eigenvalue weighted by Crippen LogP contribution is 2.20. The Hall–Kier alpha value is -1.02. The Balaban J connectivity index is 2.49. The highest BCUT2D eigenvalue weighted by molar-refractivity contribution is 5.33. The van der Waals surface area contributed by atoms with Crippen LogP contribution >= 0.6 is 0 Å². The molecule has 0 aliphatic rings. The maximum atomic E-state index is 5.40. The molecule has 0 aliphatic carbocycles. The molecule has 0 saturated carbocycles. The average Bonchev–Trinajstić information content (AvgIpc) is 2.42. The first-order valence-corrected chi connectivity index (χ1v) is 7.17. The van der Waals surface area contributed by atoms with E-state index >= 15 is 0 Å². The van der Waals surface area contributed by atoms with Crippen molar-refractivity contribution in [2.24, 2.45) is 0 Å². The number of benzene rings is 1. The lowest BCUT2D eigenvalue weighted by Crippen LogP contribution is -2.30. The Morgan fingerprint density at radius 1 is 1.11 bits per heavy atom. The molecule has 1 aromatic rings. The minimum Gasteiger partial charge on any atom is -0.496 e. The quantitative estimate of drug-likeness (QED) is 0.719. The summed E-state index contributed by atoms with van der Waals surface area (Å²) in [6, 6.07) is 8.97. The summed E-state index contributed by atoms with van der Waals surface area (Å²) in [5.41, 5.74) is 1.32. The molecule has 1 rings (SSSR count). The summed E-state index contributed by atoms with van der Waals surface area (Å²) in [4.78, 5) is 0. The molecule has 0 saturated heterocycles. The second-order valence-electron chi connectivity index (χ2n) is 4.79. The molecule has 2 nitrogen and oxygen atoms in total. The van der Waals surface area contributed by atoms with Gasteiger partial charge in [0.25, 0.3) is 0 Å². The number of nitrogens with one attached hydrogen (secondary N) is 1. The zero-order chi connectivity index (χ0) is 13.2. The molecule has 0 amide bonds. The van der Waals surface area contributed by atoms with E-state index in [0.717, 1.165) is 18.7 Å². The first-order valence-electron chi connectivity index (χ1n) is 7.17. The number of ether oxygens (including phenoxy) is 1. The van der Waals surface area contributed by atoms with Crippen LogP contribution in [-0.4, -0.2) is 19.7 Å². The predicted octanol–water partition coefficient (Wildman–Crippen LogP) is 3.80. The number of rotatable bonds is 9. The van der Waals surface area contributed by atoms with Crippen LogP contribution in [0.1, 0.15) is 45.1 Å². The minimum atomic E-state index is 0.639. The van der Waals surface area contributed by atoms with Gasteiger partial charge in [0.05, 0.1) is 7.11 Å². The molecule has 1 N–H and O–H groups in total. The normalized spacial score (nSPS) is 12.4. The van der Waals surface area contributed by atoms with Crippen molar-refractivity contribution in [3.8, 4) is 5.75 Å². The molecule has 1 atom stereocenters. The fraction of sp³-hybridized carbons (Fsp3) is 0.625. The minimum absolute atomic E-state index is 0.639. The number of aryl methyl sites for hydroxylation is 1. The van der Waals surface area contributed by atoms with Gasteiger partial charge in [-0.05, 0) is 43.9 Å². The van der Waals surface area contributed by atoms with Gasteiger partial charge in [-0.3, -0.25) is 0 Å². The average molecular weight is 249 g/mol. The fourth-order valence-corrected chi connectivity index (χ4v) is 2.28. The standard InChI is InChI=1S/C16H27NO/c1-4-8-15(17-13-5-2)12-11-14-9-6-7-10-16(14)18-3/h6-7,9-10,15,17H,4-5,8,11-13H2,1-3H3. The molecule has 1 aromatic carbocycles. The van der Waals surface area contributed by atoms with Gasteiger partial charge in [0.1, 0.15) is 5.75 Å². The molecule has 0 spiro atoms. The van der Waals surface area contributed by atoms with Crippen LogP contribution in [0.5, 0.6) is 5.75 Å². The van der Waals surface area contributed by atoms with Gasteiger partial charge in [-0.2, -0.15) is 0 Å². The van der Waals surface area contributed by atoms with E-state index in [2.05, 4.69) is 31.3 Å². The molecule has 0 heterocycles. The summed E-state index contributed by atoms with van der Waals surface area (Å²) in [6.45, 7) is 5.59. The zero-order valence-electron chi connectivity index (χ0n) is 12.0. The van der Waals surface area contributed by atoms with Crippen LogP contribution in [0, 0.1) is 0 Å². The fourth-order valence-electron chi connectivity index (χ4n) is 2.28. The first kappa shape index (κ1) is 15.0. The van der Waals surface area contributed by atoms with Crippen molar-refractivity contribution in [3.63, 3.8) is 0 Å². The molecule has 0 aliphatic heterocycles. The van der Waals surface area contributed by atoms with E-state index in [-0.39, 0.29) is 0 Å². The first-order chi connectivity index (χ1) is 8.81. The van der Waals surface area contributed by atoms with Crippen LogP contribution in [0.4, 0.5) is 0 Å². The molecule has 102 valence electrons. The SMILES string of the molecule is CCCNC(CCC)CCc1ccccc1OC. The number of methoxy groups -OCH3 is 1. The summed E-state index contributed by atoms with van der Waals surface area (Å²) in [6.07, 6.45) is 5.98. The van der Waals surface area contributed by atoms with E-state index < -0.39 is 0 Å². The molecule has 18 heavy (non-hydrogen) atoms. The van der Waals surface area contributed by atoms with Crippen LogP contribution < -0.4 is 10.1 Å². The van der Waals surface area contributed by atoms with E-state index in [9.17, 15) is 0 Å². The number of para-hydroxylation sites is 1. The number of hydrogen-bond donors (Lipinski definition) is 1. The molecule has 0 aromatic heterocycles. The molecular formula is C16H27NO. The van der Waals surface area contributed by atoms with Gasteiger partial charge in [0, 0.05) is 6.04 Å². The van der Waals surface area contributed by atoms with Gasteiger partial charge in [-0.15, -0.1) is 0 Å². The summed E-state index contributed by atoms with van der Waals surface area (Å²) >= 11 is 0. The van der Waals surface area contributed by atoms with E-state index in [1.807, 2.05) is 12.1 Å². The Labute approximate surface area is 112 Å². The molecule has 0 radical (unpaired) electrons. The Bertz CT molecular complexity index is 325. The molecule has 1 unspecified atom stereocenters. The Kier molecular flexibility index (Phi) is 7.51. The summed E-state index contributed by atoms with van der Waals surface area (Å²) in [5.74, 6) is 1.02. The second kappa shape index (κ2) is 8.98. The largest absolute Gasteiger partial charge is 0.496 e. The smallest absolute Gasteiger partial charge is 0.122 e. The Morgan fingerprint density at radius 3 is 2.56 bits per heavy atom. The van der Waals surface area contributed by atoms with Crippen molar-refractivity contribution in [2.75, 3.05) is 13.7 Å². The third-order valence-electron chi connectivity index (χ3n) is 3.27. The van der Waals surface area contributed by atoms with Crippen LogP contribution in [-0.2, 0) is 6.42 Å². The molecule has 0 fully saturated rings. The maximum absolute atomic E-state index is 5.40. The van der Waals surface area contributed by atoms with Crippen molar-refractivity contribution < 1.29 is 4.74 Å². The van der Waals surface area contributed by atoms with Gasteiger partial charge < -0.3 is 10.1 Å². The van der Waals surface area contributed by atoms with Crippen molar-refractivity contribution in [3.05, 3.63) is 29.8 Å². The summed E-state index contributed by atoms with van der Waals surface area (Å²) < 4.78 is 5.40. The lowest BCUT2D eigenvalue weighted by atomic mass is 10.0. The van der Waals surface area contributed by atoms with Crippen molar-refractivity contribution in [1.29, 1.82) is 0 Å². The second-order valence-corrected chi connectivity index (χ2v) is 4.79. The molecule has 0 bridgehead atoms. The highest BCUT2D eigenvalue weighted by atomic mass is 16.5. The lowest BCUT2D eigenvalue weighted by molar-refractivity contribution is 0.403. The van der Waals surface area contributed by atoms with Crippen molar-refractivity contribution in [1.82, 2.24) is 5.32 Å². The summed E-state index contributed by atoms with van der Waals surface area (Å²) in [7, 11) is 1.75. The van der Waals surface area contributed by atoms with Crippen LogP contribution in [0.2, 0.25) is 0 Å². The van der Waals surface area contributed by atoms with Crippen LogP contribution in [0.25, 0.3) is 0 Å². The highest BCUT2D eigenvalue weighted by Gasteiger charge is 2.08. The van der Waals surface area contributed by atoms with Crippen LogP contribution in [0.15, 0.2) is 24.3 Å². The maximum Gasteiger partial charge on any atom is 0.122 e. The van der Waals surface area contributed by atoms with E-state index in [4.69, 9.17) is 4.74 Å². The van der Waals surface area contributed by atoms with E-state index in [0.29, 0.717) is 6.04 Å². The monoisotopic (exact) mass is 249 g/mol. The van der Waals surface area contributed by atoms with Crippen LogP contribution in [0.3, 0.4) is 0 Å². The van der Waals surface area contributed by atoms with Gasteiger partial charge >= 0.3 is 0 Å². The third-order valence-corrected chi connectivity index (χ3v) is 3.27. The van der Waals surface area contributed by atoms with Crippen molar-refractivity contribution >= 4 is 0 Å². The molecular weight excluding hydrogens is 222 g/mol. The predicted molar refractivity (Wildman–Crippen MR) is 78.3 cm³/mol. The molecule has 2 heteroatoms. The Morgan fingerprint density at radius 2 is 1.89 bits per heavy atom. The topological polar surface area (TPSA) is 21.3 Å². The summed E-state index contributed by atoms with van der Waals surface area (Å²) in [5, 5.41) is 3.64. The van der Waals surface area contributed by atoms with Gasteiger partial charge in [0.15, 0.2) is 0 Å². The third kappa shape index (κ3) is 5.09. The van der Waals surface area contributed by atoms with E-state index in [1.165, 1.54) is 31.2 Å². The number of hydrogen-bond acceptors (Lipinski definition) is 2. The van der Waals surface area contributed by atoms with Gasteiger partial charge in [0.2, 0.25) is 0 Å². The zero-order valence-corrected chi connectivity index (χ0v) is 12.0. The van der Waals surface area contributed by atoms with Gasteiger partial charge in [-0.1, -0.05) is 38.5 Å². The van der Waals surface area contributed by atoms with E-state index in [1.54, 1.807) is 7.11 Å².